The Balaban J connectivity index is 3.20. The van der Waals surface area contributed by atoms with Gasteiger partial charge in [-0.2, -0.15) is 0 Å². The Kier molecular flexibility index (Phi) is 7.56. The molecule has 1 aliphatic rings. The lowest BCUT2D eigenvalue weighted by atomic mass is 9.94. The van der Waals surface area contributed by atoms with Crippen molar-refractivity contribution in [3.05, 3.63) is 12.7 Å². The van der Waals surface area contributed by atoms with Gasteiger partial charge in [-0.25, -0.2) is 0 Å². The maximum Gasteiger partial charge on any atom is 0.303 e. The van der Waals surface area contributed by atoms with Crippen molar-refractivity contribution in [1.29, 1.82) is 0 Å². The second-order valence-electron chi connectivity index (χ2n) is 5.40. The first kappa shape index (κ1) is 20.6. The summed E-state index contributed by atoms with van der Waals surface area (Å²) in [5, 5.41) is 0. The van der Waals surface area contributed by atoms with Gasteiger partial charge < -0.3 is 23.7 Å². The molecule has 25 heavy (non-hydrogen) atoms. The summed E-state index contributed by atoms with van der Waals surface area (Å²) in [6, 6.07) is 0. The number of hydrogen-bond donors (Lipinski definition) is 0. The van der Waals surface area contributed by atoms with Crippen LogP contribution in [0.15, 0.2) is 12.7 Å². The summed E-state index contributed by atoms with van der Waals surface area (Å²) in [6.45, 7) is 8.06. The molecule has 140 valence electrons. The van der Waals surface area contributed by atoms with Crippen molar-refractivity contribution in [2.24, 2.45) is 0 Å². The fourth-order valence-electron chi connectivity index (χ4n) is 2.45. The zero-order chi connectivity index (χ0) is 19.1. The summed E-state index contributed by atoms with van der Waals surface area (Å²) >= 11 is 0. The first-order chi connectivity index (χ1) is 11.6. The quantitative estimate of drug-likeness (QED) is 0.375. The van der Waals surface area contributed by atoms with E-state index in [0.29, 0.717) is 0 Å². The van der Waals surface area contributed by atoms with E-state index in [0.717, 1.165) is 13.8 Å². The third-order valence-electron chi connectivity index (χ3n) is 3.26. The normalized spacial score (nSPS) is 28.4. The van der Waals surface area contributed by atoms with Gasteiger partial charge in [0.25, 0.3) is 0 Å². The number of hydrogen-bond acceptors (Lipinski definition) is 9. The van der Waals surface area contributed by atoms with E-state index in [4.69, 9.17) is 23.7 Å². The predicted molar refractivity (Wildman–Crippen MR) is 82.2 cm³/mol. The van der Waals surface area contributed by atoms with Crippen molar-refractivity contribution in [2.75, 3.05) is 6.61 Å². The van der Waals surface area contributed by atoms with Crippen LogP contribution in [0.25, 0.3) is 0 Å². The third-order valence-corrected chi connectivity index (χ3v) is 3.26. The van der Waals surface area contributed by atoms with Crippen LogP contribution in [-0.2, 0) is 42.9 Å². The van der Waals surface area contributed by atoms with Crippen molar-refractivity contribution >= 4 is 23.9 Å². The van der Waals surface area contributed by atoms with Crippen molar-refractivity contribution in [3.8, 4) is 0 Å². The molecule has 1 rings (SSSR count). The van der Waals surface area contributed by atoms with E-state index in [-0.39, 0.29) is 6.61 Å². The molecule has 0 N–H and O–H groups in total. The standard InChI is InChI=1S/C16H22O9/c1-6-12-14(22-9(3)18)16(24-11(5)20)15(23-10(4)19)13(25-12)7-21-8(2)17/h6,12-16H,1,7H2,2-5H3/t12-,13-,14+,15-,16-/m1/s1. The molecule has 0 amide bonds. The molecule has 1 heterocycles. The first-order valence-corrected chi connectivity index (χ1v) is 7.58. The summed E-state index contributed by atoms with van der Waals surface area (Å²) in [7, 11) is 0. The van der Waals surface area contributed by atoms with E-state index < -0.39 is 54.4 Å². The largest absolute Gasteiger partial charge is 0.463 e. The second-order valence-corrected chi connectivity index (χ2v) is 5.40. The first-order valence-electron chi connectivity index (χ1n) is 7.58. The Morgan fingerprint density at radius 1 is 0.840 bits per heavy atom. The number of carbonyl (C=O) groups excluding carboxylic acids is 4. The summed E-state index contributed by atoms with van der Waals surface area (Å²) in [5.74, 6) is -2.54. The van der Waals surface area contributed by atoms with E-state index >= 15 is 0 Å². The smallest absolute Gasteiger partial charge is 0.303 e. The molecule has 0 aromatic heterocycles. The maximum absolute atomic E-state index is 11.5. The van der Waals surface area contributed by atoms with Crippen LogP contribution in [0.3, 0.4) is 0 Å². The Morgan fingerprint density at radius 3 is 1.76 bits per heavy atom. The molecule has 1 saturated heterocycles. The van der Waals surface area contributed by atoms with Gasteiger partial charge in [0.15, 0.2) is 18.3 Å². The molecule has 5 atom stereocenters. The van der Waals surface area contributed by atoms with E-state index in [1.807, 2.05) is 0 Å². The highest BCUT2D eigenvalue weighted by Crippen LogP contribution is 2.29. The van der Waals surface area contributed by atoms with Crippen LogP contribution in [0.2, 0.25) is 0 Å². The zero-order valence-electron chi connectivity index (χ0n) is 14.6. The summed E-state index contributed by atoms with van der Waals surface area (Å²) in [6.07, 6.45) is -3.80. The van der Waals surface area contributed by atoms with Crippen LogP contribution in [-0.4, -0.2) is 61.0 Å². The number of esters is 4. The summed E-state index contributed by atoms with van der Waals surface area (Å²) < 4.78 is 26.2. The summed E-state index contributed by atoms with van der Waals surface area (Å²) in [4.78, 5) is 45.4. The highest BCUT2D eigenvalue weighted by molar-refractivity contribution is 5.68. The van der Waals surface area contributed by atoms with Gasteiger partial charge in [-0.15, -0.1) is 6.58 Å². The van der Waals surface area contributed by atoms with Crippen LogP contribution in [0, 0.1) is 0 Å². The Labute approximate surface area is 145 Å². The molecule has 0 unspecified atom stereocenters. The SMILES string of the molecule is C=C[C@H]1O[C@H](COC(C)=O)[C@@H](OC(C)=O)[C@H](OC(C)=O)[C@H]1OC(C)=O. The van der Waals surface area contributed by atoms with Gasteiger partial charge in [0.2, 0.25) is 0 Å². The van der Waals surface area contributed by atoms with E-state index in [9.17, 15) is 19.2 Å². The molecule has 1 aliphatic heterocycles. The minimum atomic E-state index is -1.15. The van der Waals surface area contributed by atoms with Crippen molar-refractivity contribution < 1.29 is 42.9 Å². The molecule has 0 radical (unpaired) electrons. The molecular weight excluding hydrogens is 336 g/mol. The molecule has 0 aromatic carbocycles. The second kappa shape index (κ2) is 9.16. The van der Waals surface area contributed by atoms with E-state index in [1.54, 1.807) is 0 Å². The molecule has 9 heteroatoms. The van der Waals surface area contributed by atoms with Gasteiger partial charge in [0.1, 0.15) is 18.8 Å². The molecule has 0 saturated carbocycles. The predicted octanol–water partition coefficient (Wildman–Crippen LogP) is 0.298. The molecule has 0 spiro atoms. The van der Waals surface area contributed by atoms with E-state index in [2.05, 4.69) is 6.58 Å². The molecule has 0 aliphatic carbocycles. The van der Waals surface area contributed by atoms with Gasteiger partial charge in [-0.1, -0.05) is 6.08 Å². The minimum Gasteiger partial charge on any atom is -0.463 e. The number of rotatable bonds is 6. The van der Waals surface area contributed by atoms with Gasteiger partial charge in [-0.05, 0) is 0 Å². The van der Waals surface area contributed by atoms with Crippen LogP contribution in [0.4, 0.5) is 0 Å². The average molecular weight is 358 g/mol. The zero-order valence-corrected chi connectivity index (χ0v) is 14.6. The Morgan fingerprint density at radius 2 is 1.32 bits per heavy atom. The topological polar surface area (TPSA) is 114 Å². The monoisotopic (exact) mass is 358 g/mol. The Bertz CT molecular complexity index is 542. The van der Waals surface area contributed by atoms with Crippen molar-refractivity contribution in [3.63, 3.8) is 0 Å². The van der Waals surface area contributed by atoms with Crippen LogP contribution in [0.1, 0.15) is 27.7 Å². The minimum absolute atomic E-state index is 0.248. The lowest BCUT2D eigenvalue weighted by Crippen LogP contribution is -2.61. The third kappa shape index (κ3) is 6.18. The van der Waals surface area contributed by atoms with Crippen molar-refractivity contribution in [2.45, 2.75) is 58.2 Å². The molecule has 0 bridgehead atoms. The molecular formula is C16H22O9. The van der Waals surface area contributed by atoms with Crippen LogP contribution in [0.5, 0.6) is 0 Å². The lowest BCUT2D eigenvalue weighted by Gasteiger charge is -2.43. The van der Waals surface area contributed by atoms with Crippen LogP contribution >= 0.6 is 0 Å². The Hall–Kier alpha value is -2.42. The van der Waals surface area contributed by atoms with E-state index in [1.165, 1.54) is 19.9 Å². The highest BCUT2D eigenvalue weighted by Gasteiger charge is 2.51. The molecule has 1 fully saturated rings. The highest BCUT2D eigenvalue weighted by atomic mass is 16.7. The van der Waals surface area contributed by atoms with Gasteiger partial charge >= 0.3 is 23.9 Å². The van der Waals surface area contributed by atoms with Gasteiger partial charge in [0.05, 0.1) is 0 Å². The van der Waals surface area contributed by atoms with Gasteiger partial charge in [0, 0.05) is 27.7 Å². The maximum atomic E-state index is 11.5. The average Bonchev–Trinajstić information content (AvgIpc) is 2.48. The lowest BCUT2D eigenvalue weighted by molar-refractivity contribution is -0.244. The molecule has 9 nitrogen and oxygen atoms in total. The van der Waals surface area contributed by atoms with Crippen molar-refractivity contribution in [1.82, 2.24) is 0 Å². The summed E-state index contributed by atoms with van der Waals surface area (Å²) in [5.41, 5.74) is 0. The number of ether oxygens (including phenoxy) is 5. The molecule has 0 aromatic rings. The fourth-order valence-corrected chi connectivity index (χ4v) is 2.45. The van der Waals surface area contributed by atoms with Gasteiger partial charge in [-0.3, -0.25) is 19.2 Å². The number of carbonyl (C=O) groups is 4. The fraction of sp³-hybridized carbons (Fsp3) is 0.625. The van der Waals surface area contributed by atoms with Crippen LogP contribution < -0.4 is 0 Å².